The summed E-state index contributed by atoms with van der Waals surface area (Å²) < 4.78 is 0. The summed E-state index contributed by atoms with van der Waals surface area (Å²) in [5.41, 5.74) is 9.87. The van der Waals surface area contributed by atoms with Gasteiger partial charge in [-0.1, -0.05) is 43.5 Å². The normalized spacial score (nSPS) is 14.9. The Morgan fingerprint density at radius 3 is 2.15 bits per heavy atom. The van der Waals surface area contributed by atoms with E-state index in [9.17, 15) is 14.4 Å². The van der Waals surface area contributed by atoms with E-state index >= 15 is 0 Å². The quantitative estimate of drug-likeness (QED) is 0.283. The van der Waals surface area contributed by atoms with Crippen LogP contribution in [0.5, 0.6) is 0 Å². The molecule has 9 heteroatoms. The topological polar surface area (TPSA) is 137 Å². The first kappa shape index (κ1) is 25.4. The van der Waals surface area contributed by atoms with Crippen molar-refractivity contribution < 1.29 is 19.6 Å². The number of nitrogens with two attached hydrogens (primary N) is 1. The Morgan fingerprint density at radius 2 is 1.59 bits per heavy atom. The second-order valence-corrected chi connectivity index (χ2v) is 8.65. The Kier molecular flexibility index (Phi) is 9.15. The predicted octanol–water partition coefficient (Wildman–Crippen LogP) is 2.12. The summed E-state index contributed by atoms with van der Waals surface area (Å²) in [6, 6.07) is 13.9. The second-order valence-electron chi connectivity index (χ2n) is 8.65. The zero-order valence-corrected chi connectivity index (χ0v) is 19.4. The van der Waals surface area contributed by atoms with Gasteiger partial charge in [0.2, 0.25) is 5.91 Å². The van der Waals surface area contributed by atoms with Gasteiger partial charge in [0, 0.05) is 23.8 Å². The van der Waals surface area contributed by atoms with E-state index in [0.717, 1.165) is 29.7 Å². The van der Waals surface area contributed by atoms with Crippen molar-refractivity contribution in [3.63, 3.8) is 0 Å². The van der Waals surface area contributed by atoms with Gasteiger partial charge in [-0.25, -0.2) is 5.48 Å². The van der Waals surface area contributed by atoms with E-state index in [4.69, 9.17) is 10.9 Å². The maximum absolute atomic E-state index is 12.4. The number of benzene rings is 2. The summed E-state index contributed by atoms with van der Waals surface area (Å²) in [7, 11) is 2.01. The second kappa shape index (κ2) is 12.3. The average molecular weight is 468 g/mol. The molecule has 0 bridgehead atoms. The lowest BCUT2D eigenvalue weighted by atomic mass is 9.94. The van der Waals surface area contributed by atoms with Crippen LogP contribution in [-0.4, -0.2) is 60.0 Å². The molecule has 34 heavy (non-hydrogen) atoms. The van der Waals surface area contributed by atoms with Gasteiger partial charge in [0.1, 0.15) is 6.04 Å². The first-order valence-corrected chi connectivity index (χ1v) is 11.6. The van der Waals surface area contributed by atoms with Crippen LogP contribution in [0.4, 0.5) is 5.69 Å². The highest BCUT2D eigenvalue weighted by atomic mass is 16.5. The minimum atomic E-state index is -1.03. The van der Waals surface area contributed by atoms with Gasteiger partial charge in [0.15, 0.2) is 0 Å². The summed E-state index contributed by atoms with van der Waals surface area (Å²) in [6.45, 7) is 0.233. The van der Waals surface area contributed by atoms with Gasteiger partial charge in [-0.15, -0.1) is 0 Å². The van der Waals surface area contributed by atoms with E-state index in [1.165, 1.54) is 24.7 Å². The summed E-state index contributed by atoms with van der Waals surface area (Å²) in [5.74, 6) is -1.27. The number of hydroxylamine groups is 1. The van der Waals surface area contributed by atoms with Gasteiger partial charge >= 0.3 is 0 Å². The standard InChI is InChI=1S/C25H33N5O4/c1-30(21-5-3-2-4-6-21)16-23(31)27-20-13-11-18(12-14-20)17-7-9-19(10-8-17)24(32)28-22(15-26)25(33)29-34/h7-14,21-22,34H,2-6,15-16,26H2,1H3,(H,27,31)(H,28,32)(H,29,33)/t22-/m0/s1. The van der Waals surface area contributed by atoms with Crippen molar-refractivity contribution in [3.8, 4) is 11.1 Å². The molecule has 9 nitrogen and oxygen atoms in total. The number of nitrogens with zero attached hydrogens (tertiary/aromatic N) is 1. The first-order chi connectivity index (χ1) is 16.4. The number of hydrogen-bond acceptors (Lipinski definition) is 6. The first-order valence-electron chi connectivity index (χ1n) is 11.6. The lowest BCUT2D eigenvalue weighted by Crippen LogP contribution is -2.50. The molecule has 0 saturated heterocycles. The predicted molar refractivity (Wildman–Crippen MR) is 130 cm³/mol. The lowest BCUT2D eigenvalue weighted by molar-refractivity contribution is -0.130. The number of nitrogens with one attached hydrogen (secondary N) is 3. The number of likely N-dealkylation sites (N-methyl/N-ethyl adjacent to an activating group) is 1. The highest BCUT2D eigenvalue weighted by Gasteiger charge is 2.20. The van der Waals surface area contributed by atoms with Gasteiger partial charge in [-0.05, 0) is 55.3 Å². The van der Waals surface area contributed by atoms with Crippen molar-refractivity contribution in [2.45, 2.75) is 44.2 Å². The molecule has 1 aliphatic rings. The maximum atomic E-state index is 12.4. The van der Waals surface area contributed by atoms with E-state index in [1.54, 1.807) is 24.3 Å². The zero-order valence-electron chi connectivity index (χ0n) is 19.4. The molecular formula is C25H33N5O4. The molecule has 2 aromatic carbocycles. The molecule has 3 rings (SSSR count). The molecule has 2 aromatic rings. The Hall–Kier alpha value is -3.27. The average Bonchev–Trinajstić information content (AvgIpc) is 2.87. The molecule has 0 radical (unpaired) electrons. The fourth-order valence-corrected chi connectivity index (χ4v) is 4.19. The molecule has 6 N–H and O–H groups in total. The molecule has 1 atom stereocenters. The third-order valence-electron chi connectivity index (χ3n) is 6.21. The van der Waals surface area contributed by atoms with E-state index in [-0.39, 0.29) is 12.5 Å². The largest absolute Gasteiger partial charge is 0.339 e. The Labute approximate surface area is 199 Å². The Morgan fingerprint density at radius 1 is 1.00 bits per heavy atom. The zero-order chi connectivity index (χ0) is 24.5. The highest BCUT2D eigenvalue weighted by molar-refractivity contribution is 5.98. The Bertz CT molecular complexity index is 972. The minimum Gasteiger partial charge on any atom is -0.339 e. The number of anilines is 1. The minimum absolute atomic E-state index is 0.0261. The van der Waals surface area contributed by atoms with Crippen LogP contribution in [-0.2, 0) is 9.59 Å². The number of hydrogen-bond donors (Lipinski definition) is 5. The van der Waals surface area contributed by atoms with E-state index in [2.05, 4.69) is 15.5 Å². The fourth-order valence-electron chi connectivity index (χ4n) is 4.19. The molecular weight excluding hydrogens is 434 g/mol. The van der Waals surface area contributed by atoms with Crippen molar-refractivity contribution in [2.75, 3.05) is 25.5 Å². The molecule has 182 valence electrons. The molecule has 3 amide bonds. The Balaban J connectivity index is 1.55. The molecule has 1 aliphatic carbocycles. The molecule has 0 heterocycles. The number of carbonyl (C=O) groups excluding carboxylic acids is 3. The van der Waals surface area contributed by atoms with Crippen LogP contribution in [0, 0.1) is 0 Å². The lowest BCUT2D eigenvalue weighted by Gasteiger charge is -2.30. The van der Waals surface area contributed by atoms with Crippen molar-refractivity contribution in [1.82, 2.24) is 15.7 Å². The summed E-state index contributed by atoms with van der Waals surface area (Å²) in [5, 5.41) is 14.1. The number of rotatable bonds is 9. The van der Waals surface area contributed by atoms with Crippen LogP contribution in [0.2, 0.25) is 0 Å². The highest BCUT2D eigenvalue weighted by Crippen LogP contribution is 2.23. The van der Waals surface area contributed by atoms with Crippen LogP contribution in [0.25, 0.3) is 11.1 Å². The van der Waals surface area contributed by atoms with Gasteiger partial charge < -0.3 is 16.4 Å². The van der Waals surface area contributed by atoms with Crippen LogP contribution in [0.1, 0.15) is 42.5 Å². The maximum Gasteiger partial charge on any atom is 0.267 e. The molecule has 0 spiro atoms. The number of amides is 3. The van der Waals surface area contributed by atoms with Crippen LogP contribution in [0.15, 0.2) is 48.5 Å². The molecule has 0 unspecified atom stereocenters. The van der Waals surface area contributed by atoms with Gasteiger partial charge in [-0.3, -0.25) is 24.5 Å². The molecule has 0 aliphatic heterocycles. The van der Waals surface area contributed by atoms with Gasteiger partial charge in [0.05, 0.1) is 6.54 Å². The van der Waals surface area contributed by atoms with E-state index in [0.29, 0.717) is 18.2 Å². The molecule has 1 fully saturated rings. The van der Waals surface area contributed by atoms with Crippen LogP contribution >= 0.6 is 0 Å². The van der Waals surface area contributed by atoms with E-state index < -0.39 is 17.9 Å². The van der Waals surface area contributed by atoms with E-state index in [1.807, 2.05) is 31.3 Å². The summed E-state index contributed by atoms with van der Waals surface area (Å²) >= 11 is 0. The number of carbonyl (C=O) groups is 3. The van der Waals surface area contributed by atoms with Gasteiger partial charge in [-0.2, -0.15) is 0 Å². The van der Waals surface area contributed by atoms with Crippen LogP contribution < -0.4 is 21.8 Å². The van der Waals surface area contributed by atoms with Crippen molar-refractivity contribution in [1.29, 1.82) is 0 Å². The van der Waals surface area contributed by atoms with Crippen molar-refractivity contribution >= 4 is 23.4 Å². The fraction of sp³-hybridized carbons (Fsp3) is 0.400. The van der Waals surface area contributed by atoms with Gasteiger partial charge in [0.25, 0.3) is 11.8 Å². The summed E-state index contributed by atoms with van der Waals surface area (Å²) in [4.78, 5) is 38.4. The van der Waals surface area contributed by atoms with Crippen molar-refractivity contribution in [3.05, 3.63) is 54.1 Å². The third-order valence-corrected chi connectivity index (χ3v) is 6.21. The monoisotopic (exact) mass is 467 g/mol. The van der Waals surface area contributed by atoms with Crippen molar-refractivity contribution in [2.24, 2.45) is 5.73 Å². The SMILES string of the molecule is CN(CC(=O)Nc1ccc(-c2ccc(C(=O)N[C@@H](CN)C(=O)NO)cc2)cc1)C1CCCCC1. The summed E-state index contributed by atoms with van der Waals surface area (Å²) in [6.07, 6.45) is 6.07. The van der Waals surface area contributed by atoms with Crippen LogP contribution in [0.3, 0.4) is 0 Å². The third kappa shape index (κ3) is 6.86. The smallest absolute Gasteiger partial charge is 0.267 e. The molecule has 1 saturated carbocycles. The molecule has 0 aromatic heterocycles.